The number of halogens is 3. The van der Waals surface area contributed by atoms with Crippen molar-refractivity contribution in [2.75, 3.05) is 36.5 Å². The second-order valence-electron chi connectivity index (χ2n) is 9.49. The average Bonchev–Trinajstić information content (AvgIpc) is 3.31. The number of benzene rings is 1. The topological polar surface area (TPSA) is 100 Å². The van der Waals surface area contributed by atoms with Gasteiger partial charge in [-0.1, -0.05) is 12.1 Å². The molecule has 10 nitrogen and oxygen atoms in total. The predicted molar refractivity (Wildman–Crippen MR) is 133 cm³/mol. The number of hydrogen-bond acceptors (Lipinski definition) is 8. The van der Waals surface area contributed by atoms with Gasteiger partial charge in [-0.25, -0.2) is 19.6 Å². The summed E-state index contributed by atoms with van der Waals surface area (Å²) >= 11 is 0. The highest BCUT2D eigenvalue weighted by molar-refractivity contribution is 5.90. The molecule has 2 aromatic rings. The molecule has 3 heterocycles. The van der Waals surface area contributed by atoms with E-state index in [0.29, 0.717) is 55.6 Å². The van der Waals surface area contributed by atoms with E-state index in [0.717, 1.165) is 22.5 Å². The number of anilines is 2. The normalized spacial score (nSPS) is 17.9. The number of nitrogens with one attached hydrogen (secondary N) is 1. The van der Waals surface area contributed by atoms with Crippen LogP contribution in [-0.4, -0.2) is 76.5 Å². The van der Waals surface area contributed by atoms with Crippen LogP contribution in [-0.2, 0) is 27.5 Å². The minimum Gasteiger partial charge on any atom is -0.377 e. The van der Waals surface area contributed by atoms with Gasteiger partial charge in [-0.15, -0.1) is 0 Å². The summed E-state index contributed by atoms with van der Waals surface area (Å²) in [6.45, 7) is 10.7. The average molecular weight is 537 g/mol. The summed E-state index contributed by atoms with van der Waals surface area (Å²) in [5, 5.41) is 2.77. The lowest BCUT2D eigenvalue weighted by molar-refractivity contribution is -0.226. The number of aromatic nitrogens is 2. The van der Waals surface area contributed by atoms with Crippen LogP contribution >= 0.6 is 0 Å². The first-order chi connectivity index (χ1) is 18.0. The lowest BCUT2D eigenvalue weighted by atomic mass is 10.1. The Hall–Kier alpha value is -3.45. The molecule has 0 radical (unpaired) electrons. The highest BCUT2D eigenvalue weighted by Crippen LogP contribution is 2.34. The number of urea groups is 1. The second-order valence-corrected chi connectivity index (χ2v) is 9.49. The van der Waals surface area contributed by atoms with Gasteiger partial charge < -0.3 is 19.8 Å². The zero-order chi connectivity index (χ0) is 27.6. The number of ether oxygens (including phenoxy) is 1. The molecule has 0 aliphatic carbocycles. The van der Waals surface area contributed by atoms with Crippen molar-refractivity contribution in [3.05, 3.63) is 35.5 Å². The number of hydroxylamine groups is 2. The van der Waals surface area contributed by atoms with Gasteiger partial charge in [0.1, 0.15) is 0 Å². The smallest absolute Gasteiger partial charge is 0.377 e. The molecule has 1 N–H and O–H groups in total. The van der Waals surface area contributed by atoms with Crippen molar-refractivity contribution in [3.8, 4) is 11.3 Å². The molecule has 2 aliphatic rings. The molecule has 0 saturated carbocycles. The predicted octanol–water partition coefficient (Wildman–Crippen LogP) is 3.97. The van der Waals surface area contributed by atoms with Gasteiger partial charge in [0, 0.05) is 42.5 Å². The van der Waals surface area contributed by atoms with Crippen LogP contribution in [0.4, 0.5) is 29.6 Å². The second kappa shape index (κ2) is 11.1. The molecular formula is C25H31F3N6O4. The largest absolute Gasteiger partial charge is 0.493 e. The summed E-state index contributed by atoms with van der Waals surface area (Å²) in [4.78, 5) is 42.0. The monoisotopic (exact) mass is 536 g/mol. The summed E-state index contributed by atoms with van der Waals surface area (Å²) in [7, 11) is 0. The molecule has 1 aromatic carbocycles. The Morgan fingerprint density at radius 1 is 1.21 bits per heavy atom. The third-order valence-electron chi connectivity index (χ3n) is 6.50. The maximum absolute atomic E-state index is 12.5. The summed E-state index contributed by atoms with van der Waals surface area (Å²) < 4.78 is 43.1. The minimum absolute atomic E-state index is 0.128. The summed E-state index contributed by atoms with van der Waals surface area (Å²) in [6.07, 6.45) is -5.21. The molecule has 1 atom stereocenters. The Kier molecular flexibility index (Phi) is 8.07. The van der Waals surface area contributed by atoms with Crippen LogP contribution in [0.15, 0.2) is 24.3 Å². The molecule has 0 spiro atoms. The first-order valence-electron chi connectivity index (χ1n) is 12.4. The van der Waals surface area contributed by atoms with Crippen LogP contribution < -0.4 is 10.2 Å². The highest BCUT2D eigenvalue weighted by Gasteiger charge is 2.43. The highest BCUT2D eigenvalue weighted by atomic mass is 19.4. The van der Waals surface area contributed by atoms with Crippen LogP contribution in [0, 0.1) is 0 Å². The fourth-order valence-corrected chi connectivity index (χ4v) is 4.32. The fraction of sp³-hybridized carbons (Fsp3) is 0.520. The van der Waals surface area contributed by atoms with Gasteiger partial charge in [0.15, 0.2) is 0 Å². The number of amides is 2. The Bertz CT molecular complexity index is 1170. The molecule has 1 fully saturated rings. The molecule has 4 rings (SSSR count). The molecule has 38 heavy (non-hydrogen) atoms. The van der Waals surface area contributed by atoms with E-state index in [1.54, 1.807) is 24.3 Å². The molecule has 1 saturated heterocycles. The zero-order valence-corrected chi connectivity index (χ0v) is 21.7. The van der Waals surface area contributed by atoms with Gasteiger partial charge in [-0.2, -0.15) is 18.2 Å². The molecular weight excluding hydrogens is 505 g/mol. The molecule has 0 bridgehead atoms. The van der Waals surface area contributed by atoms with Gasteiger partial charge in [0.25, 0.3) is 0 Å². The van der Waals surface area contributed by atoms with Gasteiger partial charge in [0.05, 0.1) is 37.2 Å². The van der Waals surface area contributed by atoms with Gasteiger partial charge >= 0.3 is 18.2 Å². The van der Waals surface area contributed by atoms with Crippen molar-refractivity contribution in [3.63, 3.8) is 0 Å². The fourth-order valence-electron chi connectivity index (χ4n) is 4.32. The van der Waals surface area contributed by atoms with E-state index in [1.807, 2.05) is 0 Å². The number of nitrogens with zero attached hydrogens (tertiary/aromatic N) is 5. The van der Waals surface area contributed by atoms with Crippen LogP contribution in [0.1, 0.15) is 39.0 Å². The maximum Gasteiger partial charge on any atom is 0.493 e. The summed E-state index contributed by atoms with van der Waals surface area (Å²) in [6, 6.07) is 6.25. The van der Waals surface area contributed by atoms with E-state index in [4.69, 9.17) is 14.7 Å². The molecule has 1 unspecified atom stereocenters. The first kappa shape index (κ1) is 27.6. The number of alkyl halides is 3. The zero-order valence-electron chi connectivity index (χ0n) is 21.7. The first-order valence-corrected chi connectivity index (χ1v) is 12.4. The van der Waals surface area contributed by atoms with E-state index in [1.165, 1.54) is 6.92 Å². The van der Waals surface area contributed by atoms with Gasteiger partial charge in [-0.05, 0) is 39.8 Å². The number of morpholine rings is 1. The summed E-state index contributed by atoms with van der Waals surface area (Å²) in [5.74, 6) is -1.83. The number of fused-ring (bicyclic) bond motifs is 1. The molecule has 2 amide bonds. The van der Waals surface area contributed by atoms with E-state index >= 15 is 0 Å². The number of hydrogen-bond donors (Lipinski definition) is 1. The van der Waals surface area contributed by atoms with Crippen molar-refractivity contribution in [1.29, 1.82) is 0 Å². The quantitative estimate of drug-likeness (QED) is 0.574. The Labute approximate surface area is 218 Å². The lowest BCUT2D eigenvalue weighted by Crippen LogP contribution is -2.44. The van der Waals surface area contributed by atoms with E-state index in [9.17, 15) is 22.8 Å². The number of carbonyl (C=O) groups is 2. The third-order valence-corrected chi connectivity index (χ3v) is 6.50. The SMILES string of the molecule is CCN(OC(=O)C(F)(F)F)C(=O)Nc1ccc(-c2nc(N3CCOCC3C)nc3c2CN(C(C)C)C3)cc1. The van der Waals surface area contributed by atoms with Crippen molar-refractivity contribution >= 4 is 23.6 Å². The van der Waals surface area contributed by atoms with Gasteiger partial charge in [0.2, 0.25) is 5.95 Å². The Balaban J connectivity index is 1.58. The number of rotatable bonds is 5. The Morgan fingerprint density at radius 3 is 2.53 bits per heavy atom. The van der Waals surface area contributed by atoms with Gasteiger partial charge in [-0.3, -0.25) is 4.90 Å². The van der Waals surface area contributed by atoms with Crippen LogP contribution in [0.25, 0.3) is 11.3 Å². The maximum atomic E-state index is 12.5. The van der Waals surface area contributed by atoms with E-state index in [-0.39, 0.29) is 12.6 Å². The molecule has 13 heteroatoms. The molecule has 2 aliphatic heterocycles. The van der Waals surface area contributed by atoms with Crippen molar-refractivity contribution in [1.82, 2.24) is 19.9 Å². The van der Waals surface area contributed by atoms with Crippen LogP contribution in [0.2, 0.25) is 0 Å². The lowest BCUT2D eigenvalue weighted by Gasteiger charge is -2.33. The van der Waals surface area contributed by atoms with E-state index in [2.05, 4.69) is 40.7 Å². The minimum atomic E-state index is -5.21. The molecule has 206 valence electrons. The van der Waals surface area contributed by atoms with E-state index < -0.39 is 18.2 Å². The Morgan fingerprint density at radius 2 is 1.92 bits per heavy atom. The van der Waals surface area contributed by atoms with Crippen LogP contribution in [0.3, 0.4) is 0 Å². The summed E-state index contributed by atoms with van der Waals surface area (Å²) in [5.41, 5.74) is 3.93. The molecule has 1 aromatic heterocycles. The third kappa shape index (κ3) is 5.99. The number of carbonyl (C=O) groups excluding carboxylic acids is 2. The van der Waals surface area contributed by atoms with Crippen molar-refractivity contribution < 1.29 is 32.3 Å². The standard InChI is InChI=1S/C25H31F3N6O4/c1-5-34(38-22(35)25(26,27)28)24(36)29-18-8-6-17(7-9-18)21-19-12-32(15(2)3)13-20(19)30-23(31-21)33-10-11-37-14-16(33)4/h6-9,15-16H,5,10-14H2,1-4H3,(H,29,36). The van der Waals surface area contributed by atoms with Crippen LogP contribution in [0.5, 0.6) is 0 Å². The van der Waals surface area contributed by atoms with Crippen molar-refractivity contribution in [2.24, 2.45) is 0 Å². The van der Waals surface area contributed by atoms with Crippen molar-refractivity contribution in [2.45, 2.75) is 59.0 Å².